The van der Waals surface area contributed by atoms with Crippen LogP contribution in [-0.4, -0.2) is 37.1 Å². The SMILES string of the molecule is N#Cc1ccc(NC(=O)CN2CCC[C@@H]2c2ccc3c(c2)OCCCO3)cc1. The van der Waals surface area contributed by atoms with Crippen LogP contribution in [0.25, 0.3) is 0 Å². The molecule has 2 heterocycles. The predicted molar refractivity (Wildman–Crippen MR) is 105 cm³/mol. The Labute approximate surface area is 164 Å². The van der Waals surface area contributed by atoms with Gasteiger partial charge >= 0.3 is 0 Å². The molecule has 0 spiro atoms. The average Bonchev–Trinajstić information content (AvgIpc) is 3.03. The number of likely N-dealkylation sites (tertiary alicyclic amines) is 1. The highest BCUT2D eigenvalue weighted by molar-refractivity contribution is 5.92. The molecule has 2 aromatic rings. The number of anilines is 1. The number of hydrogen-bond acceptors (Lipinski definition) is 5. The van der Waals surface area contributed by atoms with Crippen LogP contribution in [0.3, 0.4) is 0 Å². The van der Waals surface area contributed by atoms with Crippen LogP contribution in [0.15, 0.2) is 42.5 Å². The van der Waals surface area contributed by atoms with Gasteiger partial charge in [0.15, 0.2) is 11.5 Å². The highest BCUT2D eigenvalue weighted by Crippen LogP contribution is 2.37. The summed E-state index contributed by atoms with van der Waals surface area (Å²) in [6.45, 7) is 2.56. The van der Waals surface area contributed by atoms with E-state index in [1.165, 1.54) is 0 Å². The highest BCUT2D eigenvalue weighted by atomic mass is 16.5. The minimum absolute atomic E-state index is 0.0500. The molecule has 4 rings (SSSR count). The smallest absolute Gasteiger partial charge is 0.238 e. The van der Waals surface area contributed by atoms with Gasteiger partial charge in [-0.3, -0.25) is 9.69 Å². The molecule has 2 aromatic carbocycles. The Hall–Kier alpha value is -3.04. The van der Waals surface area contributed by atoms with Crippen molar-refractivity contribution in [1.29, 1.82) is 5.26 Å². The summed E-state index contributed by atoms with van der Waals surface area (Å²) in [5, 5.41) is 11.8. The lowest BCUT2D eigenvalue weighted by atomic mass is 10.0. The maximum atomic E-state index is 12.5. The Morgan fingerprint density at radius 1 is 1.11 bits per heavy atom. The fourth-order valence-electron chi connectivity index (χ4n) is 3.79. The molecule has 2 aliphatic rings. The Bertz CT molecular complexity index is 889. The van der Waals surface area contributed by atoms with Crippen molar-refractivity contribution >= 4 is 11.6 Å². The summed E-state index contributed by atoms with van der Waals surface area (Å²) in [5.41, 5.74) is 2.44. The zero-order chi connectivity index (χ0) is 19.3. The zero-order valence-electron chi connectivity index (χ0n) is 15.7. The first-order valence-electron chi connectivity index (χ1n) is 9.66. The van der Waals surface area contributed by atoms with Gasteiger partial charge in [-0.2, -0.15) is 5.26 Å². The number of amides is 1. The van der Waals surface area contributed by atoms with Crippen molar-refractivity contribution in [2.75, 3.05) is 31.6 Å². The number of nitrogens with zero attached hydrogens (tertiary/aromatic N) is 2. The third-order valence-electron chi connectivity index (χ3n) is 5.16. The molecule has 1 saturated heterocycles. The first-order valence-corrected chi connectivity index (χ1v) is 9.66. The molecule has 6 nitrogen and oxygen atoms in total. The summed E-state index contributed by atoms with van der Waals surface area (Å²) in [7, 11) is 0. The van der Waals surface area contributed by atoms with Crippen LogP contribution in [0.4, 0.5) is 5.69 Å². The maximum Gasteiger partial charge on any atom is 0.238 e. The number of ether oxygens (including phenoxy) is 2. The first-order chi connectivity index (χ1) is 13.7. The Kier molecular flexibility index (Phi) is 5.45. The topological polar surface area (TPSA) is 74.6 Å². The van der Waals surface area contributed by atoms with Crippen molar-refractivity contribution in [2.24, 2.45) is 0 Å². The lowest BCUT2D eigenvalue weighted by Gasteiger charge is -2.25. The summed E-state index contributed by atoms with van der Waals surface area (Å²) in [6, 6.07) is 15.3. The fourth-order valence-corrected chi connectivity index (χ4v) is 3.79. The lowest BCUT2D eigenvalue weighted by Crippen LogP contribution is -2.32. The number of hydrogen-bond donors (Lipinski definition) is 1. The van der Waals surface area contributed by atoms with Crippen LogP contribution < -0.4 is 14.8 Å². The monoisotopic (exact) mass is 377 g/mol. The molecule has 0 bridgehead atoms. The summed E-state index contributed by atoms with van der Waals surface area (Å²) in [5.74, 6) is 1.54. The molecule has 144 valence electrons. The van der Waals surface area contributed by atoms with E-state index in [-0.39, 0.29) is 11.9 Å². The molecule has 0 aromatic heterocycles. The van der Waals surface area contributed by atoms with Gasteiger partial charge in [0.05, 0.1) is 31.4 Å². The van der Waals surface area contributed by atoms with E-state index in [9.17, 15) is 4.79 Å². The molecule has 2 aliphatic heterocycles. The van der Waals surface area contributed by atoms with Gasteiger partial charge in [0.2, 0.25) is 5.91 Å². The second-order valence-electron chi connectivity index (χ2n) is 7.12. The number of nitriles is 1. The Balaban J connectivity index is 1.42. The van der Waals surface area contributed by atoms with Crippen LogP contribution in [0, 0.1) is 11.3 Å². The molecule has 1 atom stereocenters. The molecule has 28 heavy (non-hydrogen) atoms. The second-order valence-corrected chi connectivity index (χ2v) is 7.12. The van der Waals surface area contributed by atoms with Crippen molar-refractivity contribution in [3.8, 4) is 17.6 Å². The Morgan fingerprint density at radius 2 is 1.89 bits per heavy atom. The fraction of sp³-hybridized carbons (Fsp3) is 0.364. The molecule has 0 unspecified atom stereocenters. The van der Waals surface area contributed by atoms with Crippen molar-refractivity contribution in [1.82, 2.24) is 4.90 Å². The molecule has 6 heteroatoms. The minimum atomic E-state index is -0.0500. The lowest BCUT2D eigenvalue weighted by molar-refractivity contribution is -0.117. The number of carbonyl (C=O) groups is 1. The predicted octanol–water partition coefficient (Wildman–Crippen LogP) is 3.50. The summed E-state index contributed by atoms with van der Waals surface area (Å²) >= 11 is 0. The van der Waals surface area contributed by atoms with Crippen LogP contribution in [0.2, 0.25) is 0 Å². The molecule has 1 amide bonds. The minimum Gasteiger partial charge on any atom is -0.490 e. The summed E-state index contributed by atoms with van der Waals surface area (Å²) in [6.07, 6.45) is 2.96. The first kappa shape index (κ1) is 18.3. The molecule has 0 saturated carbocycles. The van der Waals surface area contributed by atoms with Gasteiger partial charge in [-0.15, -0.1) is 0 Å². The third-order valence-corrected chi connectivity index (χ3v) is 5.16. The van der Waals surface area contributed by atoms with Gasteiger partial charge in [-0.05, 0) is 61.3 Å². The van der Waals surface area contributed by atoms with E-state index in [2.05, 4.69) is 28.4 Å². The Morgan fingerprint density at radius 3 is 2.68 bits per heavy atom. The molecular formula is C22H23N3O3. The van der Waals surface area contributed by atoms with Gasteiger partial charge < -0.3 is 14.8 Å². The summed E-state index contributed by atoms with van der Waals surface area (Å²) < 4.78 is 11.5. The van der Waals surface area contributed by atoms with Gasteiger partial charge in [0, 0.05) is 18.2 Å². The van der Waals surface area contributed by atoms with Crippen LogP contribution in [0.5, 0.6) is 11.5 Å². The van der Waals surface area contributed by atoms with E-state index in [1.54, 1.807) is 24.3 Å². The largest absolute Gasteiger partial charge is 0.490 e. The van der Waals surface area contributed by atoms with E-state index in [0.717, 1.165) is 42.9 Å². The van der Waals surface area contributed by atoms with E-state index < -0.39 is 0 Å². The van der Waals surface area contributed by atoms with E-state index in [4.69, 9.17) is 14.7 Å². The number of rotatable bonds is 4. The van der Waals surface area contributed by atoms with Crippen LogP contribution in [-0.2, 0) is 4.79 Å². The van der Waals surface area contributed by atoms with Gasteiger partial charge in [-0.25, -0.2) is 0 Å². The quantitative estimate of drug-likeness (QED) is 0.883. The molecule has 0 radical (unpaired) electrons. The average molecular weight is 377 g/mol. The van der Waals surface area contributed by atoms with Crippen molar-refractivity contribution in [2.45, 2.75) is 25.3 Å². The number of benzene rings is 2. The standard InChI is InChI=1S/C22H23N3O3/c23-14-16-4-7-18(8-5-16)24-22(26)15-25-10-1-3-19(25)17-6-9-20-21(13-17)28-12-2-11-27-20/h4-9,13,19H,1-3,10-12,15H2,(H,24,26)/t19-/m1/s1. The number of fused-ring (bicyclic) bond motifs is 1. The maximum absolute atomic E-state index is 12.5. The molecule has 1 fully saturated rings. The van der Waals surface area contributed by atoms with E-state index in [1.807, 2.05) is 6.07 Å². The molecular weight excluding hydrogens is 354 g/mol. The second kappa shape index (κ2) is 8.32. The van der Waals surface area contributed by atoms with Crippen LogP contribution >= 0.6 is 0 Å². The zero-order valence-corrected chi connectivity index (χ0v) is 15.7. The van der Waals surface area contributed by atoms with Crippen molar-refractivity contribution in [3.05, 3.63) is 53.6 Å². The molecule has 0 aliphatic carbocycles. The van der Waals surface area contributed by atoms with Crippen molar-refractivity contribution < 1.29 is 14.3 Å². The normalized spacial score (nSPS) is 18.9. The molecule has 1 N–H and O–H groups in total. The van der Waals surface area contributed by atoms with Gasteiger partial charge in [-0.1, -0.05) is 6.07 Å². The van der Waals surface area contributed by atoms with E-state index in [0.29, 0.717) is 31.0 Å². The summed E-state index contributed by atoms with van der Waals surface area (Å²) in [4.78, 5) is 14.7. The third kappa shape index (κ3) is 4.10. The number of carbonyl (C=O) groups excluding carboxylic acids is 1. The van der Waals surface area contributed by atoms with Crippen LogP contribution in [0.1, 0.15) is 36.4 Å². The van der Waals surface area contributed by atoms with Crippen molar-refractivity contribution in [3.63, 3.8) is 0 Å². The number of nitrogens with one attached hydrogen (secondary N) is 1. The van der Waals surface area contributed by atoms with E-state index >= 15 is 0 Å². The highest BCUT2D eigenvalue weighted by Gasteiger charge is 2.28. The van der Waals surface area contributed by atoms with Gasteiger partial charge in [0.25, 0.3) is 0 Å². The van der Waals surface area contributed by atoms with Gasteiger partial charge in [0.1, 0.15) is 0 Å².